The maximum Gasteiger partial charge on any atom is 0.156 e. The van der Waals surface area contributed by atoms with Gasteiger partial charge in [-0.15, -0.1) is 0 Å². The number of allylic oxidation sites excluding steroid dienone is 2. The molecule has 1 atom stereocenters. The molecule has 3 heteroatoms. The molecule has 1 aliphatic rings. The van der Waals surface area contributed by atoms with E-state index in [1.807, 2.05) is 25.3 Å². The van der Waals surface area contributed by atoms with Crippen LogP contribution in [0.3, 0.4) is 0 Å². The number of ether oxygens (including phenoxy) is 1. The average molecular weight is 331 g/mol. The van der Waals surface area contributed by atoms with Crippen LogP contribution in [0.2, 0.25) is 0 Å². The number of aromatic nitrogens is 1. The molecule has 2 aromatic carbocycles. The lowest BCUT2D eigenvalue weighted by molar-refractivity contribution is -0.115. The molecule has 1 unspecified atom stereocenters. The van der Waals surface area contributed by atoms with Crippen LogP contribution in [-0.4, -0.2) is 17.5 Å². The van der Waals surface area contributed by atoms with Crippen molar-refractivity contribution in [1.29, 1.82) is 0 Å². The Bertz CT molecular complexity index is 963. The predicted octanol–water partition coefficient (Wildman–Crippen LogP) is 4.72. The number of carbonyl (C=O) groups excluding carboxylic acids is 1. The monoisotopic (exact) mass is 331 g/mol. The molecule has 126 valence electrons. The van der Waals surface area contributed by atoms with Crippen LogP contribution < -0.4 is 4.74 Å². The molecule has 4 rings (SSSR count). The number of rotatable bonds is 3. The first-order valence-corrected chi connectivity index (χ1v) is 8.57. The molecule has 3 aromatic rings. The summed E-state index contributed by atoms with van der Waals surface area (Å²) >= 11 is 0. The van der Waals surface area contributed by atoms with Gasteiger partial charge in [0.25, 0.3) is 0 Å². The fourth-order valence-corrected chi connectivity index (χ4v) is 3.67. The third-order valence-corrected chi connectivity index (χ3v) is 5.10. The molecule has 0 spiro atoms. The highest BCUT2D eigenvalue weighted by atomic mass is 16.5. The lowest BCUT2D eigenvalue weighted by Gasteiger charge is -2.23. The van der Waals surface area contributed by atoms with Crippen LogP contribution in [0.4, 0.5) is 0 Å². The molecule has 1 heterocycles. The van der Waals surface area contributed by atoms with Crippen molar-refractivity contribution in [1.82, 2.24) is 4.57 Å². The highest BCUT2D eigenvalue weighted by Crippen LogP contribution is 2.37. The number of benzene rings is 2. The molecule has 0 aliphatic heterocycles. The minimum Gasteiger partial charge on any atom is -0.497 e. The number of aryl methyl sites for hydroxylation is 1. The number of hydrogen-bond acceptors (Lipinski definition) is 2. The van der Waals surface area contributed by atoms with Gasteiger partial charge in [0.05, 0.1) is 7.11 Å². The summed E-state index contributed by atoms with van der Waals surface area (Å²) in [5.74, 6) is 1.27. The van der Waals surface area contributed by atoms with Crippen LogP contribution in [-0.2, 0) is 11.8 Å². The van der Waals surface area contributed by atoms with Crippen molar-refractivity contribution in [3.63, 3.8) is 0 Å². The van der Waals surface area contributed by atoms with E-state index in [0.29, 0.717) is 6.42 Å². The van der Waals surface area contributed by atoms with E-state index in [0.717, 1.165) is 23.3 Å². The summed E-state index contributed by atoms with van der Waals surface area (Å²) < 4.78 is 7.35. The SMILES string of the molecule is COc1ccc(C2CC(=O)C=C(c3ccc4ccn(C)c4c3)C2)cc1. The fourth-order valence-electron chi connectivity index (χ4n) is 3.67. The summed E-state index contributed by atoms with van der Waals surface area (Å²) in [6.07, 6.45) is 5.34. The van der Waals surface area contributed by atoms with Gasteiger partial charge in [0, 0.05) is 25.2 Å². The first-order valence-electron chi connectivity index (χ1n) is 8.57. The van der Waals surface area contributed by atoms with E-state index < -0.39 is 0 Å². The summed E-state index contributed by atoms with van der Waals surface area (Å²) in [6.45, 7) is 0. The first kappa shape index (κ1) is 15.7. The number of nitrogens with zero attached hydrogens (tertiary/aromatic N) is 1. The maximum absolute atomic E-state index is 12.3. The van der Waals surface area contributed by atoms with Gasteiger partial charge >= 0.3 is 0 Å². The van der Waals surface area contributed by atoms with Crippen molar-refractivity contribution < 1.29 is 9.53 Å². The Hall–Kier alpha value is -2.81. The molecule has 0 saturated heterocycles. The Balaban J connectivity index is 1.66. The molecule has 0 bridgehead atoms. The third kappa shape index (κ3) is 2.98. The quantitative estimate of drug-likeness (QED) is 0.695. The van der Waals surface area contributed by atoms with E-state index in [-0.39, 0.29) is 11.7 Å². The van der Waals surface area contributed by atoms with E-state index in [1.165, 1.54) is 16.5 Å². The molecule has 0 N–H and O–H groups in total. The summed E-state index contributed by atoms with van der Waals surface area (Å²) in [5, 5.41) is 1.22. The molecule has 0 amide bonds. The average Bonchev–Trinajstić information content (AvgIpc) is 3.02. The third-order valence-electron chi connectivity index (χ3n) is 5.10. The van der Waals surface area contributed by atoms with Crippen LogP contribution in [0, 0.1) is 0 Å². The first-order chi connectivity index (χ1) is 12.1. The van der Waals surface area contributed by atoms with Crippen molar-refractivity contribution >= 4 is 22.3 Å². The van der Waals surface area contributed by atoms with Gasteiger partial charge in [-0.25, -0.2) is 0 Å². The number of methoxy groups -OCH3 is 1. The lowest BCUT2D eigenvalue weighted by atomic mass is 9.81. The van der Waals surface area contributed by atoms with Gasteiger partial charge in [0.2, 0.25) is 0 Å². The summed E-state index contributed by atoms with van der Waals surface area (Å²) in [5.41, 5.74) is 4.65. The van der Waals surface area contributed by atoms with Gasteiger partial charge in [-0.1, -0.05) is 24.3 Å². The second-order valence-electron chi connectivity index (χ2n) is 6.71. The van der Waals surface area contributed by atoms with E-state index in [4.69, 9.17) is 4.74 Å². The number of carbonyl (C=O) groups is 1. The molecule has 1 aromatic heterocycles. The van der Waals surface area contributed by atoms with Crippen molar-refractivity contribution in [3.8, 4) is 5.75 Å². The molecule has 25 heavy (non-hydrogen) atoms. The van der Waals surface area contributed by atoms with Gasteiger partial charge in [-0.3, -0.25) is 4.79 Å². The van der Waals surface area contributed by atoms with Crippen molar-refractivity contribution in [2.24, 2.45) is 7.05 Å². The Kier molecular flexibility index (Phi) is 3.92. The number of fused-ring (bicyclic) bond motifs is 1. The van der Waals surface area contributed by atoms with Crippen LogP contribution in [0.15, 0.2) is 60.8 Å². The largest absolute Gasteiger partial charge is 0.497 e. The molecule has 3 nitrogen and oxygen atoms in total. The Morgan fingerprint density at radius 3 is 2.60 bits per heavy atom. The van der Waals surface area contributed by atoms with Crippen LogP contribution in [0.1, 0.15) is 29.9 Å². The van der Waals surface area contributed by atoms with Gasteiger partial charge in [-0.2, -0.15) is 0 Å². The van der Waals surface area contributed by atoms with Crippen molar-refractivity contribution in [2.75, 3.05) is 7.11 Å². The maximum atomic E-state index is 12.3. The Labute approximate surface area is 147 Å². The minimum absolute atomic E-state index is 0.203. The summed E-state index contributed by atoms with van der Waals surface area (Å²) in [4.78, 5) is 12.3. The second-order valence-corrected chi connectivity index (χ2v) is 6.71. The van der Waals surface area contributed by atoms with E-state index >= 15 is 0 Å². The highest BCUT2D eigenvalue weighted by Gasteiger charge is 2.23. The van der Waals surface area contributed by atoms with Gasteiger partial charge in [-0.05, 0) is 64.8 Å². The van der Waals surface area contributed by atoms with Crippen molar-refractivity contribution in [3.05, 3.63) is 71.9 Å². The summed E-state index contributed by atoms with van der Waals surface area (Å²) in [7, 11) is 3.71. The normalized spacial score (nSPS) is 17.6. The van der Waals surface area contributed by atoms with E-state index in [9.17, 15) is 4.79 Å². The zero-order valence-corrected chi connectivity index (χ0v) is 14.5. The van der Waals surface area contributed by atoms with Crippen molar-refractivity contribution in [2.45, 2.75) is 18.8 Å². The second kappa shape index (κ2) is 6.25. The molecule has 0 radical (unpaired) electrons. The Morgan fingerprint density at radius 1 is 1.04 bits per heavy atom. The molecular weight excluding hydrogens is 310 g/mol. The van der Waals surface area contributed by atoms with Crippen LogP contribution in [0.5, 0.6) is 5.75 Å². The van der Waals surface area contributed by atoms with Crippen LogP contribution >= 0.6 is 0 Å². The standard InChI is InChI=1S/C22H21NO2/c1-23-10-9-16-3-4-17(14-22(16)23)19-11-18(12-20(24)13-19)15-5-7-21(25-2)8-6-15/h3-10,13-14,18H,11-12H2,1-2H3. The van der Waals surface area contributed by atoms with Gasteiger partial charge < -0.3 is 9.30 Å². The van der Waals surface area contributed by atoms with Gasteiger partial charge in [0.15, 0.2) is 5.78 Å². The zero-order chi connectivity index (χ0) is 17.4. The predicted molar refractivity (Wildman–Crippen MR) is 101 cm³/mol. The summed E-state index contributed by atoms with van der Waals surface area (Å²) in [6, 6.07) is 16.6. The molecule has 1 aliphatic carbocycles. The molecular formula is C22H21NO2. The number of ketones is 1. The van der Waals surface area contributed by atoms with E-state index in [1.54, 1.807) is 7.11 Å². The lowest BCUT2D eigenvalue weighted by Crippen LogP contribution is -2.12. The molecule has 0 fully saturated rings. The topological polar surface area (TPSA) is 31.2 Å². The minimum atomic E-state index is 0.203. The smallest absolute Gasteiger partial charge is 0.156 e. The zero-order valence-electron chi connectivity index (χ0n) is 14.5. The fraction of sp³-hybridized carbons (Fsp3) is 0.227. The van der Waals surface area contributed by atoms with Gasteiger partial charge in [0.1, 0.15) is 5.75 Å². The highest BCUT2D eigenvalue weighted by molar-refractivity contribution is 6.00. The van der Waals surface area contributed by atoms with E-state index in [2.05, 4.69) is 47.2 Å². The molecule has 0 saturated carbocycles. The Morgan fingerprint density at radius 2 is 1.84 bits per heavy atom. The van der Waals surface area contributed by atoms with Crippen LogP contribution in [0.25, 0.3) is 16.5 Å². The number of hydrogen-bond donors (Lipinski definition) is 0.